The molecule has 0 aliphatic carbocycles. The van der Waals surface area contributed by atoms with Crippen LogP contribution in [0.2, 0.25) is 0 Å². The molecule has 0 aliphatic heterocycles. The number of carbonyl (C=O) groups excluding carboxylic acids is 2. The SMILES string of the molecule is CC/C=C/C=C/C=C\CCCCCCCC(=O)OC(/C=C\CCCCCCCCCCCCC)C(COP(=O)([O-])OCC[N+](C)(C)C)NC(=O)CCCCCCCCCCCCCCCCCCC/C=C/CCCCCCCC. The Morgan fingerprint density at radius 3 is 1.24 bits per heavy atom. The number of likely N-dealkylation sites (N-methyl/N-ethyl adjacent to an activating group) is 1. The number of phosphoric ester groups is 1. The van der Waals surface area contributed by atoms with Crippen molar-refractivity contribution in [3.05, 3.63) is 60.8 Å². The fraction of sp³-hybridized carbons (Fsp3) is 0.826. The summed E-state index contributed by atoms with van der Waals surface area (Å²) >= 11 is 0. The summed E-state index contributed by atoms with van der Waals surface area (Å²) in [5, 5.41) is 3.03. The predicted octanol–water partition coefficient (Wildman–Crippen LogP) is 20.4. The Labute approximate surface area is 490 Å². The van der Waals surface area contributed by atoms with Crippen molar-refractivity contribution in [3.63, 3.8) is 0 Å². The van der Waals surface area contributed by atoms with Crippen LogP contribution in [-0.2, 0) is 27.9 Å². The molecule has 0 rings (SSSR count). The maximum atomic E-state index is 13.6. The minimum absolute atomic E-state index is 0.0258. The van der Waals surface area contributed by atoms with Crippen LogP contribution >= 0.6 is 7.82 Å². The first-order valence-corrected chi connectivity index (χ1v) is 35.1. The average molecular weight is 1130 g/mol. The normalized spacial score (nSPS) is 14.0. The zero-order valence-corrected chi connectivity index (χ0v) is 53.7. The van der Waals surface area contributed by atoms with Crippen LogP contribution in [0.5, 0.6) is 0 Å². The lowest BCUT2D eigenvalue weighted by Crippen LogP contribution is -2.47. The van der Waals surface area contributed by atoms with Gasteiger partial charge in [0.1, 0.15) is 19.3 Å². The summed E-state index contributed by atoms with van der Waals surface area (Å²) in [6.07, 6.45) is 75.0. The lowest BCUT2D eigenvalue weighted by molar-refractivity contribution is -0.870. The van der Waals surface area contributed by atoms with Gasteiger partial charge in [-0.2, -0.15) is 0 Å². The number of esters is 1. The minimum atomic E-state index is -4.70. The van der Waals surface area contributed by atoms with Crippen molar-refractivity contribution in [2.75, 3.05) is 40.9 Å². The van der Waals surface area contributed by atoms with Crippen molar-refractivity contribution < 1.29 is 37.3 Å². The first kappa shape index (κ1) is 76.7. The summed E-state index contributed by atoms with van der Waals surface area (Å²) in [7, 11) is 1.18. The van der Waals surface area contributed by atoms with E-state index in [1.807, 2.05) is 33.3 Å². The number of nitrogens with zero attached hydrogens (tertiary/aromatic N) is 1. The van der Waals surface area contributed by atoms with Crippen LogP contribution in [0.25, 0.3) is 0 Å². The average Bonchev–Trinajstić information content (AvgIpc) is 3.41. The quantitative estimate of drug-likeness (QED) is 0.0161. The maximum absolute atomic E-state index is 13.6. The standard InChI is InChI=1S/C69H129N2O7P/c1-7-10-13-16-19-22-25-28-29-30-31-32-33-34-35-36-37-38-39-40-41-44-46-49-52-55-58-61-68(72)70-66(65-77-79(74,75)76-64-63-71(4,5)6)67(60-57-54-51-48-45-42-26-23-20-17-14-11-8-2)78-69(73)62-59-56-53-50-47-43-27-24-21-18-15-12-9-3/h12,15,18,21,24,27-29,57,60,66-67H,7-11,13-14,16-17,19-20,22-23,25-26,30-56,58-59,61-65H2,1-6H3,(H-,70,72,74,75)/b15-12+,21-18+,27-24-,29-28+,60-57-. The number of hydrogen-bond acceptors (Lipinski definition) is 7. The van der Waals surface area contributed by atoms with Crippen LogP contribution in [0.15, 0.2) is 60.8 Å². The van der Waals surface area contributed by atoms with Crippen molar-refractivity contribution in [2.24, 2.45) is 0 Å². The number of hydrogen-bond donors (Lipinski definition) is 1. The van der Waals surface area contributed by atoms with E-state index >= 15 is 0 Å². The Morgan fingerprint density at radius 1 is 0.456 bits per heavy atom. The Bertz CT molecular complexity index is 1540. The molecule has 10 heteroatoms. The monoisotopic (exact) mass is 1130 g/mol. The number of nitrogens with one attached hydrogen (secondary N) is 1. The second kappa shape index (κ2) is 58.9. The van der Waals surface area contributed by atoms with Crippen molar-refractivity contribution in [1.29, 1.82) is 0 Å². The van der Waals surface area contributed by atoms with E-state index in [1.54, 1.807) is 0 Å². The number of allylic oxidation sites excluding steroid dienone is 9. The van der Waals surface area contributed by atoms with Gasteiger partial charge in [-0.1, -0.05) is 287 Å². The van der Waals surface area contributed by atoms with Crippen LogP contribution < -0.4 is 10.2 Å². The Hall–Kier alpha value is -2.29. The van der Waals surface area contributed by atoms with Gasteiger partial charge in [-0.3, -0.25) is 14.2 Å². The zero-order valence-electron chi connectivity index (χ0n) is 52.8. The zero-order chi connectivity index (χ0) is 57.9. The Balaban J connectivity index is 5.01. The molecule has 1 N–H and O–H groups in total. The lowest BCUT2D eigenvalue weighted by atomic mass is 10.0. The highest BCUT2D eigenvalue weighted by Crippen LogP contribution is 2.38. The Kier molecular flexibility index (Phi) is 57.2. The maximum Gasteiger partial charge on any atom is 0.306 e. The number of phosphoric acid groups is 1. The Morgan fingerprint density at radius 2 is 0.823 bits per heavy atom. The summed E-state index contributed by atoms with van der Waals surface area (Å²) in [5.41, 5.74) is 0. The molecule has 0 aromatic carbocycles. The summed E-state index contributed by atoms with van der Waals surface area (Å²) in [5.74, 6) is -0.555. The third-order valence-corrected chi connectivity index (χ3v) is 16.0. The third-order valence-electron chi connectivity index (χ3n) is 15.0. The molecule has 0 radical (unpaired) electrons. The highest BCUT2D eigenvalue weighted by atomic mass is 31.2. The smallest absolute Gasteiger partial charge is 0.306 e. The number of ether oxygens (including phenoxy) is 1. The van der Waals surface area contributed by atoms with Crippen LogP contribution in [0, 0.1) is 0 Å². The second-order valence-corrected chi connectivity index (χ2v) is 25.4. The summed E-state index contributed by atoms with van der Waals surface area (Å²) in [6, 6.07) is -0.896. The van der Waals surface area contributed by atoms with Crippen LogP contribution in [0.4, 0.5) is 0 Å². The molecule has 3 atom stereocenters. The largest absolute Gasteiger partial charge is 0.756 e. The van der Waals surface area contributed by atoms with Gasteiger partial charge in [-0.25, -0.2) is 0 Å². The fourth-order valence-corrected chi connectivity index (χ4v) is 10.5. The van der Waals surface area contributed by atoms with E-state index in [1.165, 1.54) is 199 Å². The molecule has 0 heterocycles. The van der Waals surface area contributed by atoms with E-state index in [0.717, 1.165) is 77.0 Å². The van der Waals surface area contributed by atoms with Crippen molar-refractivity contribution in [2.45, 2.75) is 328 Å². The van der Waals surface area contributed by atoms with Gasteiger partial charge in [0.25, 0.3) is 7.82 Å². The summed E-state index contributed by atoms with van der Waals surface area (Å²) in [6.45, 7) is 6.72. The summed E-state index contributed by atoms with van der Waals surface area (Å²) in [4.78, 5) is 40.0. The van der Waals surface area contributed by atoms with Crippen LogP contribution in [-0.4, -0.2) is 69.4 Å². The highest BCUT2D eigenvalue weighted by molar-refractivity contribution is 7.45. The fourth-order valence-electron chi connectivity index (χ4n) is 9.81. The predicted molar refractivity (Wildman–Crippen MR) is 339 cm³/mol. The number of amides is 1. The van der Waals surface area contributed by atoms with Crippen molar-refractivity contribution in [1.82, 2.24) is 5.32 Å². The lowest BCUT2D eigenvalue weighted by Gasteiger charge is -2.30. The highest BCUT2D eigenvalue weighted by Gasteiger charge is 2.27. The van der Waals surface area contributed by atoms with Gasteiger partial charge in [-0.15, -0.1) is 0 Å². The van der Waals surface area contributed by atoms with Crippen LogP contribution in [0.1, 0.15) is 316 Å². The number of unbranched alkanes of at least 4 members (excludes halogenated alkanes) is 39. The first-order chi connectivity index (χ1) is 38.4. The molecule has 0 aromatic heterocycles. The van der Waals surface area contributed by atoms with Gasteiger partial charge >= 0.3 is 5.97 Å². The summed E-state index contributed by atoms with van der Waals surface area (Å²) < 4.78 is 30.3. The third kappa shape index (κ3) is 60.1. The van der Waals surface area contributed by atoms with Crippen molar-refractivity contribution >= 4 is 19.7 Å². The van der Waals surface area contributed by atoms with Crippen molar-refractivity contribution in [3.8, 4) is 0 Å². The number of carbonyl (C=O) groups is 2. The van der Waals surface area contributed by atoms with E-state index in [9.17, 15) is 19.0 Å². The van der Waals surface area contributed by atoms with E-state index < -0.39 is 26.6 Å². The molecule has 0 fully saturated rings. The minimum Gasteiger partial charge on any atom is -0.756 e. The van der Waals surface area contributed by atoms with Gasteiger partial charge in [0.05, 0.1) is 33.8 Å². The molecule has 0 aromatic rings. The van der Waals surface area contributed by atoms with Gasteiger partial charge in [-0.05, 0) is 76.7 Å². The molecular weight excluding hydrogens is 1000 g/mol. The van der Waals surface area contributed by atoms with Gasteiger partial charge in [0, 0.05) is 12.8 Å². The van der Waals surface area contributed by atoms with Gasteiger partial charge in [0.15, 0.2) is 0 Å². The molecule has 0 spiro atoms. The molecule has 0 aliphatic rings. The molecule has 0 saturated carbocycles. The van der Waals surface area contributed by atoms with E-state index in [-0.39, 0.29) is 24.9 Å². The van der Waals surface area contributed by atoms with E-state index in [4.69, 9.17) is 13.8 Å². The number of quaternary nitrogens is 1. The van der Waals surface area contributed by atoms with Gasteiger partial charge in [0.2, 0.25) is 5.91 Å². The molecule has 0 saturated heterocycles. The molecule has 3 unspecified atom stereocenters. The van der Waals surface area contributed by atoms with E-state index in [2.05, 4.69) is 74.7 Å². The van der Waals surface area contributed by atoms with Gasteiger partial charge < -0.3 is 28.5 Å². The molecular formula is C69H129N2O7P. The van der Waals surface area contributed by atoms with Crippen LogP contribution in [0.3, 0.4) is 0 Å². The molecule has 0 bridgehead atoms. The first-order valence-electron chi connectivity index (χ1n) is 33.6. The molecule has 1 amide bonds. The molecule has 462 valence electrons. The molecule has 79 heavy (non-hydrogen) atoms. The van der Waals surface area contributed by atoms with E-state index in [0.29, 0.717) is 23.9 Å². The molecule has 9 nitrogen and oxygen atoms in total. The topological polar surface area (TPSA) is 114 Å². The second-order valence-electron chi connectivity index (χ2n) is 24.0. The number of rotatable bonds is 61.